The first-order chi connectivity index (χ1) is 21.6. The van der Waals surface area contributed by atoms with Crippen molar-refractivity contribution in [1.29, 1.82) is 5.26 Å². The Bertz CT molecular complexity index is 1660. The fourth-order valence-corrected chi connectivity index (χ4v) is 6.48. The number of carbonyl (C=O) groups is 1. The first-order valence-corrected chi connectivity index (χ1v) is 14.9. The van der Waals surface area contributed by atoms with Crippen molar-refractivity contribution >= 4 is 17.2 Å². The summed E-state index contributed by atoms with van der Waals surface area (Å²) in [6, 6.07) is 11.8. The van der Waals surface area contributed by atoms with Gasteiger partial charge in [0.05, 0.1) is 49.4 Å². The molecule has 0 aliphatic carbocycles. The summed E-state index contributed by atoms with van der Waals surface area (Å²) < 4.78 is 18.4. The van der Waals surface area contributed by atoms with Crippen molar-refractivity contribution in [2.24, 2.45) is 11.8 Å². The van der Waals surface area contributed by atoms with Gasteiger partial charge < -0.3 is 24.0 Å². The number of hydrogen-bond acceptors (Lipinski definition) is 10. The predicted molar refractivity (Wildman–Crippen MR) is 162 cm³/mol. The number of aromatic nitrogens is 4. The Hall–Kier alpha value is -4.73. The molecule has 12 heteroatoms. The van der Waals surface area contributed by atoms with E-state index in [1.807, 2.05) is 35.5 Å². The number of methoxy groups -OCH3 is 1. The number of carbonyl (C=O) groups excluding carboxylic acids is 1. The van der Waals surface area contributed by atoms with E-state index in [4.69, 9.17) is 19.2 Å². The first-order valence-electron chi connectivity index (χ1n) is 14.9. The largest absolute Gasteiger partial charge is 0.491 e. The van der Waals surface area contributed by atoms with Gasteiger partial charge in [0.1, 0.15) is 24.2 Å². The molecule has 3 aliphatic heterocycles. The second-order valence-electron chi connectivity index (χ2n) is 11.5. The number of hydrogen-bond donors (Lipinski definition) is 0. The maximum atomic E-state index is 13.1. The number of amides is 1. The summed E-state index contributed by atoms with van der Waals surface area (Å²) in [5.41, 5.74) is 3.55. The van der Waals surface area contributed by atoms with Gasteiger partial charge in [0.2, 0.25) is 5.88 Å². The lowest BCUT2D eigenvalue weighted by Gasteiger charge is -2.26. The van der Waals surface area contributed by atoms with Crippen LogP contribution in [0.5, 0.6) is 11.6 Å². The molecule has 226 valence electrons. The molecule has 3 fully saturated rings. The van der Waals surface area contributed by atoms with Crippen molar-refractivity contribution in [3.8, 4) is 28.8 Å². The van der Waals surface area contributed by atoms with E-state index in [-0.39, 0.29) is 5.91 Å². The van der Waals surface area contributed by atoms with E-state index >= 15 is 0 Å². The Kier molecular flexibility index (Phi) is 7.72. The van der Waals surface area contributed by atoms with Crippen molar-refractivity contribution in [2.75, 3.05) is 77.6 Å². The van der Waals surface area contributed by atoms with Gasteiger partial charge in [-0.05, 0) is 24.3 Å². The summed E-state index contributed by atoms with van der Waals surface area (Å²) in [7, 11) is 1.56. The van der Waals surface area contributed by atoms with Crippen LogP contribution in [0.2, 0.25) is 0 Å². The number of anilines is 1. The van der Waals surface area contributed by atoms with Crippen molar-refractivity contribution in [3.05, 3.63) is 66.2 Å². The molecule has 0 N–H and O–H groups in total. The SMILES string of the molecule is COc1ccc(C(=O)N2CC3CN(c4ccc(-c5cc(OCCN6CCOCC6)cn6ncc(C#N)c56)cn4)CC3C2)cn1. The molecule has 2 atom stereocenters. The van der Waals surface area contributed by atoms with E-state index < -0.39 is 0 Å². The number of likely N-dealkylation sites (tertiary alicyclic amines) is 1. The van der Waals surface area contributed by atoms with E-state index in [1.165, 1.54) is 0 Å². The second kappa shape index (κ2) is 12.1. The number of rotatable bonds is 8. The summed E-state index contributed by atoms with van der Waals surface area (Å²) >= 11 is 0. The smallest absolute Gasteiger partial charge is 0.255 e. The number of nitriles is 1. The number of pyridine rings is 3. The van der Waals surface area contributed by atoms with Gasteiger partial charge in [-0.3, -0.25) is 9.69 Å². The molecule has 0 saturated carbocycles. The molecule has 4 aromatic rings. The molecule has 1 amide bonds. The van der Waals surface area contributed by atoms with Crippen LogP contribution < -0.4 is 14.4 Å². The Balaban J connectivity index is 1.03. The molecule has 0 radical (unpaired) electrons. The Morgan fingerprint density at radius 2 is 1.86 bits per heavy atom. The van der Waals surface area contributed by atoms with E-state index in [9.17, 15) is 10.1 Å². The lowest BCUT2D eigenvalue weighted by molar-refractivity contribution is 0.0322. The fourth-order valence-electron chi connectivity index (χ4n) is 6.48. The highest BCUT2D eigenvalue weighted by Crippen LogP contribution is 2.36. The Morgan fingerprint density at radius 3 is 2.55 bits per heavy atom. The van der Waals surface area contributed by atoms with Crippen LogP contribution in [0.15, 0.2) is 55.1 Å². The lowest BCUT2D eigenvalue weighted by Crippen LogP contribution is -2.38. The maximum Gasteiger partial charge on any atom is 0.255 e. The van der Waals surface area contributed by atoms with Crippen LogP contribution in [0.25, 0.3) is 16.6 Å². The molecule has 3 saturated heterocycles. The molecule has 3 aliphatic rings. The topological polar surface area (TPSA) is 121 Å². The number of ether oxygens (including phenoxy) is 3. The molecule has 4 aromatic heterocycles. The van der Waals surface area contributed by atoms with Gasteiger partial charge >= 0.3 is 0 Å². The molecule has 2 unspecified atom stereocenters. The number of nitrogens with zero attached hydrogens (tertiary/aromatic N) is 8. The van der Waals surface area contributed by atoms with Gasteiger partial charge in [0.15, 0.2) is 0 Å². The fraction of sp³-hybridized carbons (Fsp3) is 0.406. The predicted octanol–water partition coefficient (Wildman–Crippen LogP) is 2.59. The monoisotopic (exact) mass is 594 g/mol. The second-order valence-corrected chi connectivity index (χ2v) is 11.5. The highest BCUT2D eigenvalue weighted by molar-refractivity contribution is 5.94. The highest BCUT2D eigenvalue weighted by atomic mass is 16.5. The summed E-state index contributed by atoms with van der Waals surface area (Å²) in [4.78, 5) is 28.6. The normalized spacial score (nSPS) is 20.1. The van der Waals surface area contributed by atoms with E-state index in [2.05, 4.69) is 26.0 Å². The summed E-state index contributed by atoms with van der Waals surface area (Å²) in [5, 5.41) is 14.2. The Morgan fingerprint density at radius 1 is 1.05 bits per heavy atom. The molecule has 7 heterocycles. The van der Waals surface area contributed by atoms with Crippen molar-refractivity contribution in [1.82, 2.24) is 29.4 Å². The highest BCUT2D eigenvalue weighted by Gasteiger charge is 2.42. The molecular formula is C32H34N8O4. The van der Waals surface area contributed by atoms with Crippen LogP contribution in [0.3, 0.4) is 0 Å². The van der Waals surface area contributed by atoms with Gasteiger partial charge in [-0.2, -0.15) is 10.4 Å². The summed E-state index contributed by atoms with van der Waals surface area (Å²) in [6.07, 6.45) is 6.85. The molecule has 7 rings (SSSR count). The van der Waals surface area contributed by atoms with Gasteiger partial charge in [-0.1, -0.05) is 0 Å². The number of fused-ring (bicyclic) bond motifs is 2. The first kappa shape index (κ1) is 28.1. The van der Waals surface area contributed by atoms with Gasteiger partial charge in [-0.15, -0.1) is 0 Å². The Labute approximate surface area is 255 Å². The third-order valence-corrected chi connectivity index (χ3v) is 8.84. The van der Waals surface area contributed by atoms with Crippen LogP contribution in [0.4, 0.5) is 5.82 Å². The van der Waals surface area contributed by atoms with E-state index in [1.54, 1.807) is 36.2 Å². The zero-order chi connectivity index (χ0) is 30.0. The third kappa shape index (κ3) is 5.52. The van der Waals surface area contributed by atoms with E-state index in [0.717, 1.165) is 81.5 Å². The van der Waals surface area contributed by atoms with Gasteiger partial charge in [0.25, 0.3) is 5.91 Å². The van der Waals surface area contributed by atoms with Crippen LogP contribution >= 0.6 is 0 Å². The average molecular weight is 595 g/mol. The van der Waals surface area contributed by atoms with Crippen molar-refractivity contribution in [3.63, 3.8) is 0 Å². The van der Waals surface area contributed by atoms with Crippen LogP contribution in [-0.2, 0) is 4.74 Å². The number of morpholine rings is 1. The molecule has 44 heavy (non-hydrogen) atoms. The summed E-state index contributed by atoms with van der Waals surface area (Å²) in [6.45, 7) is 7.82. The molecule has 0 spiro atoms. The lowest BCUT2D eigenvalue weighted by atomic mass is 10.0. The third-order valence-electron chi connectivity index (χ3n) is 8.84. The van der Waals surface area contributed by atoms with E-state index in [0.29, 0.717) is 41.2 Å². The minimum Gasteiger partial charge on any atom is -0.491 e. The summed E-state index contributed by atoms with van der Waals surface area (Å²) in [5.74, 6) is 2.89. The minimum absolute atomic E-state index is 0.0128. The molecule has 0 bridgehead atoms. The maximum absolute atomic E-state index is 13.1. The van der Waals surface area contributed by atoms with Crippen molar-refractivity contribution < 1.29 is 19.0 Å². The minimum atomic E-state index is 0.0128. The standard InChI is InChI=1S/C32H34N8O4/c1-42-30-5-3-23(15-35-30)32(41)39-19-25-17-38(18-26(25)20-39)29-4-2-22(14-34-29)28-12-27(21-40-31(28)24(13-33)16-36-40)44-11-8-37-6-9-43-10-7-37/h2-5,12,14-16,21,25-26H,6-11,17-20H2,1H3. The van der Waals surface area contributed by atoms with Crippen LogP contribution in [0.1, 0.15) is 15.9 Å². The van der Waals surface area contributed by atoms with Crippen LogP contribution in [-0.4, -0.2) is 108 Å². The molecule has 0 aromatic carbocycles. The zero-order valence-corrected chi connectivity index (χ0v) is 24.6. The van der Waals surface area contributed by atoms with Crippen LogP contribution in [0, 0.1) is 23.2 Å². The zero-order valence-electron chi connectivity index (χ0n) is 24.6. The molecular weight excluding hydrogens is 560 g/mol. The van der Waals surface area contributed by atoms with Gasteiger partial charge in [0, 0.05) is 87.2 Å². The van der Waals surface area contributed by atoms with Crippen molar-refractivity contribution in [2.45, 2.75) is 0 Å². The average Bonchev–Trinajstić information content (AvgIpc) is 3.78. The quantitative estimate of drug-likeness (QED) is 0.301. The van der Waals surface area contributed by atoms with Gasteiger partial charge in [-0.25, -0.2) is 14.5 Å². The molecule has 12 nitrogen and oxygen atoms in total.